The number of carbonyl (C=O) groups is 1. The average Bonchev–Trinajstić information content (AvgIpc) is 2.62. The van der Waals surface area contributed by atoms with Gasteiger partial charge in [0, 0.05) is 13.1 Å². The number of hydrogen-bond acceptors (Lipinski definition) is 3. The number of aliphatic hydroxyl groups is 2. The smallest absolute Gasteiger partial charge is 0.255 e. The molecule has 2 rings (SSSR count). The molecule has 2 N–H and O–H groups in total. The molecule has 2 atom stereocenters. The number of halogens is 2. The van der Waals surface area contributed by atoms with E-state index in [9.17, 15) is 19.4 Å². The molecule has 0 radical (unpaired) electrons. The second-order valence-electron chi connectivity index (χ2n) is 3.95. The van der Waals surface area contributed by atoms with Gasteiger partial charge in [-0.25, -0.2) is 4.39 Å². The van der Waals surface area contributed by atoms with Gasteiger partial charge in [0.05, 0.1) is 22.2 Å². The van der Waals surface area contributed by atoms with Crippen molar-refractivity contribution in [3.8, 4) is 0 Å². The van der Waals surface area contributed by atoms with Gasteiger partial charge >= 0.3 is 0 Å². The van der Waals surface area contributed by atoms with Crippen LogP contribution in [0.4, 0.5) is 4.39 Å². The number of nitrogens with zero attached hydrogens (tertiary/aromatic N) is 1. The Balaban J connectivity index is 2.24. The number of aliphatic hydroxyl groups excluding tert-OH is 2. The minimum atomic E-state index is -0.939. The lowest BCUT2D eigenvalue weighted by Crippen LogP contribution is -2.30. The highest BCUT2D eigenvalue weighted by Gasteiger charge is 2.33. The van der Waals surface area contributed by atoms with E-state index in [0.717, 1.165) is 0 Å². The molecule has 6 heteroatoms. The van der Waals surface area contributed by atoms with Gasteiger partial charge in [-0.3, -0.25) is 4.79 Å². The summed E-state index contributed by atoms with van der Waals surface area (Å²) in [5, 5.41) is 18.7. The summed E-state index contributed by atoms with van der Waals surface area (Å²) in [6, 6.07) is 4.18. The van der Waals surface area contributed by atoms with Gasteiger partial charge in [0.1, 0.15) is 5.82 Å². The highest BCUT2D eigenvalue weighted by molar-refractivity contribution is 9.10. The summed E-state index contributed by atoms with van der Waals surface area (Å²) >= 11 is 3.01. The number of likely N-dealkylation sites (tertiary alicyclic amines) is 1. The summed E-state index contributed by atoms with van der Waals surface area (Å²) in [5.41, 5.74) is 0.186. The highest BCUT2D eigenvalue weighted by atomic mass is 79.9. The van der Waals surface area contributed by atoms with Crippen molar-refractivity contribution in [2.75, 3.05) is 13.1 Å². The second kappa shape index (κ2) is 4.72. The SMILES string of the molecule is O=C(c1cccc(F)c1Br)N1C[C@@H](O)[C@@H](O)C1. The minimum Gasteiger partial charge on any atom is -0.388 e. The molecule has 1 aromatic carbocycles. The van der Waals surface area contributed by atoms with Crippen molar-refractivity contribution in [1.29, 1.82) is 0 Å². The van der Waals surface area contributed by atoms with Crippen LogP contribution in [0.5, 0.6) is 0 Å². The Kier molecular flexibility index (Phi) is 3.46. The van der Waals surface area contributed by atoms with Gasteiger partial charge in [0.15, 0.2) is 0 Å². The summed E-state index contributed by atoms with van der Waals surface area (Å²) < 4.78 is 13.4. The van der Waals surface area contributed by atoms with Gasteiger partial charge in [-0.15, -0.1) is 0 Å². The number of amides is 1. The molecule has 0 bridgehead atoms. The molecule has 1 aromatic rings. The van der Waals surface area contributed by atoms with E-state index >= 15 is 0 Å². The molecule has 1 saturated heterocycles. The van der Waals surface area contributed by atoms with Crippen LogP contribution in [-0.4, -0.2) is 46.3 Å². The molecule has 0 saturated carbocycles. The van der Waals surface area contributed by atoms with Crippen LogP contribution in [-0.2, 0) is 0 Å². The molecule has 4 nitrogen and oxygen atoms in total. The molecule has 0 unspecified atom stereocenters. The number of hydrogen-bond donors (Lipinski definition) is 2. The molecule has 0 spiro atoms. The van der Waals surface area contributed by atoms with Gasteiger partial charge in [0.2, 0.25) is 0 Å². The van der Waals surface area contributed by atoms with E-state index in [1.807, 2.05) is 0 Å². The Hall–Kier alpha value is -0.980. The number of rotatable bonds is 1. The lowest BCUT2D eigenvalue weighted by Gasteiger charge is -2.16. The van der Waals surface area contributed by atoms with E-state index < -0.39 is 23.9 Å². The Morgan fingerprint density at radius 3 is 2.53 bits per heavy atom. The zero-order valence-electron chi connectivity index (χ0n) is 8.81. The van der Waals surface area contributed by atoms with Crippen molar-refractivity contribution in [1.82, 2.24) is 4.90 Å². The van der Waals surface area contributed by atoms with E-state index in [1.165, 1.54) is 23.1 Å². The number of benzene rings is 1. The van der Waals surface area contributed by atoms with E-state index in [1.54, 1.807) is 0 Å². The van der Waals surface area contributed by atoms with Gasteiger partial charge in [-0.2, -0.15) is 0 Å². The molecule has 0 aliphatic carbocycles. The maximum Gasteiger partial charge on any atom is 0.255 e. The largest absolute Gasteiger partial charge is 0.388 e. The third-order valence-electron chi connectivity index (χ3n) is 2.73. The topological polar surface area (TPSA) is 60.8 Å². The van der Waals surface area contributed by atoms with Crippen LogP contribution in [0.1, 0.15) is 10.4 Å². The van der Waals surface area contributed by atoms with Gasteiger partial charge in [-0.1, -0.05) is 6.07 Å². The van der Waals surface area contributed by atoms with Crippen molar-refractivity contribution in [3.05, 3.63) is 34.1 Å². The zero-order valence-corrected chi connectivity index (χ0v) is 10.4. The predicted molar refractivity (Wildman–Crippen MR) is 62.0 cm³/mol. The van der Waals surface area contributed by atoms with E-state index in [2.05, 4.69) is 15.9 Å². The Morgan fingerprint density at radius 1 is 1.35 bits per heavy atom. The standard InChI is InChI=1S/C11H11BrFNO3/c12-10-6(2-1-3-7(10)13)11(17)14-4-8(15)9(16)5-14/h1-3,8-9,15-16H,4-5H2/t8-,9+. The van der Waals surface area contributed by atoms with Crippen LogP contribution in [0.15, 0.2) is 22.7 Å². The first-order valence-electron chi connectivity index (χ1n) is 5.10. The van der Waals surface area contributed by atoms with Crippen molar-refractivity contribution < 1.29 is 19.4 Å². The fourth-order valence-corrected chi connectivity index (χ4v) is 2.21. The number of carbonyl (C=O) groups excluding carboxylic acids is 1. The maximum absolute atomic E-state index is 13.3. The summed E-state index contributed by atoms with van der Waals surface area (Å²) in [5.74, 6) is -0.928. The minimum absolute atomic E-state index is 0.0585. The quantitative estimate of drug-likeness (QED) is 0.805. The molecule has 1 fully saturated rings. The third kappa shape index (κ3) is 2.34. The van der Waals surface area contributed by atoms with E-state index in [0.29, 0.717) is 0 Å². The van der Waals surface area contributed by atoms with Gasteiger partial charge in [-0.05, 0) is 28.1 Å². The second-order valence-corrected chi connectivity index (χ2v) is 4.74. The van der Waals surface area contributed by atoms with Crippen LogP contribution in [0.25, 0.3) is 0 Å². The van der Waals surface area contributed by atoms with Crippen molar-refractivity contribution in [3.63, 3.8) is 0 Å². The average molecular weight is 304 g/mol. The van der Waals surface area contributed by atoms with E-state index in [-0.39, 0.29) is 23.1 Å². The Bertz CT molecular complexity index is 444. The fraction of sp³-hybridized carbons (Fsp3) is 0.364. The molecular weight excluding hydrogens is 293 g/mol. The summed E-state index contributed by atoms with van der Waals surface area (Å²) in [7, 11) is 0. The monoisotopic (exact) mass is 303 g/mol. The van der Waals surface area contributed by atoms with Crippen LogP contribution in [0.2, 0.25) is 0 Å². The maximum atomic E-state index is 13.3. The van der Waals surface area contributed by atoms with Gasteiger partial charge in [0.25, 0.3) is 5.91 Å². The van der Waals surface area contributed by atoms with Crippen LogP contribution < -0.4 is 0 Å². The lowest BCUT2D eigenvalue weighted by molar-refractivity contribution is 0.0572. The van der Waals surface area contributed by atoms with Crippen molar-refractivity contribution in [2.45, 2.75) is 12.2 Å². The molecular formula is C11H11BrFNO3. The summed E-state index contributed by atoms with van der Waals surface area (Å²) in [6.07, 6.45) is -1.88. The normalized spacial score (nSPS) is 24.1. The molecule has 92 valence electrons. The van der Waals surface area contributed by atoms with E-state index in [4.69, 9.17) is 0 Å². The predicted octanol–water partition coefficient (Wildman–Crippen LogP) is 0.766. The van der Waals surface area contributed by atoms with Crippen LogP contribution in [0, 0.1) is 5.82 Å². The Labute approximate surface area is 106 Å². The zero-order chi connectivity index (χ0) is 12.6. The first kappa shape index (κ1) is 12.5. The fourth-order valence-electron chi connectivity index (χ4n) is 1.77. The first-order chi connectivity index (χ1) is 8.00. The molecule has 0 aromatic heterocycles. The van der Waals surface area contributed by atoms with Crippen LogP contribution in [0.3, 0.4) is 0 Å². The molecule has 17 heavy (non-hydrogen) atoms. The van der Waals surface area contributed by atoms with Crippen molar-refractivity contribution >= 4 is 21.8 Å². The summed E-state index contributed by atoms with van der Waals surface area (Å²) in [6.45, 7) is 0.117. The lowest BCUT2D eigenvalue weighted by atomic mass is 10.2. The Morgan fingerprint density at radius 2 is 1.94 bits per heavy atom. The van der Waals surface area contributed by atoms with Gasteiger partial charge < -0.3 is 15.1 Å². The molecule has 1 aliphatic heterocycles. The first-order valence-corrected chi connectivity index (χ1v) is 5.89. The number of β-amino-alcohol motifs (C(OH)–C–C–N with tert-alkyl or cyclic N) is 2. The molecule has 1 amide bonds. The highest BCUT2D eigenvalue weighted by Crippen LogP contribution is 2.23. The third-order valence-corrected chi connectivity index (χ3v) is 3.53. The molecule has 1 aliphatic rings. The van der Waals surface area contributed by atoms with Crippen LogP contribution >= 0.6 is 15.9 Å². The molecule has 1 heterocycles. The summed E-state index contributed by atoms with van der Waals surface area (Å²) in [4.78, 5) is 13.3. The van der Waals surface area contributed by atoms with Crippen molar-refractivity contribution in [2.24, 2.45) is 0 Å².